The van der Waals surface area contributed by atoms with Crippen molar-refractivity contribution in [2.75, 3.05) is 33.7 Å². The average Bonchev–Trinajstić information content (AvgIpc) is 2.64. The van der Waals surface area contributed by atoms with Crippen molar-refractivity contribution in [2.45, 2.75) is 53.1 Å². The Morgan fingerprint density at radius 1 is 1.14 bits per heavy atom. The van der Waals surface area contributed by atoms with E-state index in [2.05, 4.69) is 43.6 Å². The summed E-state index contributed by atoms with van der Waals surface area (Å²) in [5.41, 5.74) is 1.70. The van der Waals surface area contributed by atoms with Crippen LogP contribution in [-0.2, 0) is 6.54 Å². The van der Waals surface area contributed by atoms with Gasteiger partial charge in [0.2, 0.25) is 0 Å². The van der Waals surface area contributed by atoms with Crippen LogP contribution in [0.3, 0.4) is 0 Å². The highest BCUT2D eigenvalue weighted by atomic mass is 127. The second kappa shape index (κ2) is 15.5. The van der Waals surface area contributed by atoms with Gasteiger partial charge in [-0.05, 0) is 64.4 Å². The molecule has 1 aromatic rings. The molecule has 0 aliphatic rings. The fourth-order valence-electron chi connectivity index (χ4n) is 2.69. The molecule has 0 radical (unpaired) electrons. The van der Waals surface area contributed by atoms with Gasteiger partial charge in [0, 0.05) is 31.2 Å². The number of aliphatic imine (C=N–C) groups is 1. The number of benzene rings is 1. The number of guanidine groups is 1. The summed E-state index contributed by atoms with van der Waals surface area (Å²) in [7, 11) is 3.98. The Morgan fingerprint density at radius 2 is 1.86 bits per heavy atom. The summed E-state index contributed by atoms with van der Waals surface area (Å²) in [6, 6.07) is 8.05. The molecule has 0 fully saturated rings. The van der Waals surface area contributed by atoms with Gasteiger partial charge < -0.3 is 20.9 Å². The van der Waals surface area contributed by atoms with Crippen LogP contribution in [0.2, 0.25) is 0 Å². The molecule has 1 amide bonds. The lowest BCUT2D eigenvalue weighted by atomic mass is 10.0. The molecule has 0 saturated carbocycles. The normalized spacial score (nSPS) is 12.5. The van der Waals surface area contributed by atoms with Gasteiger partial charge in [0.25, 0.3) is 5.91 Å². The lowest BCUT2D eigenvalue weighted by molar-refractivity contribution is 0.0951. The van der Waals surface area contributed by atoms with Crippen molar-refractivity contribution in [1.82, 2.24) is 20.9 Å². The number of carbonyl (C=O) groups excluding carboxylic acids is 1. The largest absolute Gasteiger partial charge is 0.357 e. The molecule has 166 valence electrons. The highest BCUT2D eigenvalue weighted by Gasteiger charge is 2.08. The number of rotatable bonds is 11. The summed E-state index contributed by atoms with van der Waals surface area (Å²) in [6.45, 7) is 11.6. The number of carbonyl (C=O) groups is 1. The van der Waals surface area contributed by atoms with Crippen LogP contribution in [0.4, 0.5) is 0 Å². The number of likely N-dealkylation sites (N-methyl/N-ethyl adjacent to an activating group) is 1. The first-order valence-electron chi connectivity index (χ1n) is 10.4. The molecule has 1 atom stereocenters. The maximum atomic E-state index is 12.3. The molecule has 7 heteroatoms. The summed E-state index contributed by atoms with van der Waals surface area (Å²) >= 11 is 0. The predicted molar refractivity (Wildman–Crippen MR) is 134 cm³/mol. The first kappa shape index (κ1) is 27.6. The zero-order valence-electron chi connectivity index (χ0n) is 18.9. The molecule has 0 spiro atoms. The van der Waals surface area contributed by atoms with Crippen LogP contribution in [0, 0.1) is 5.92 Å². The first-order chi connectivity index (χ1) is 13.3. The average molecular weight is 518 g/mol. The summed E-state index contributed by atoms with van der Waals surface area (Å²) in [5.74, 6) is 1.48. The minimum absolute atomic E-state index is 0. The van der Waals surface area contributed by atoms with Crippen LogP contribution >= 0.6 is 24.0 Å². The monoisotopic (exact) mass is 517 g/mol. The smallest absolute Gasteiger partial charge is 0.251 e. The summed E-state index contributed by atoms with van der Waals surface area (Å²) in [6.07, 6.45) is 2.31. The van der Waals surface area contributed by atoms with E-state index in [0.717, 1.165) is 31.0 Å². The van der Waals surface area contributed by atoms with Crippen molar-refractivity contribution in [3.05, 3.63) is 35.4 Å². The summed E-state index contributed by atoms with van der Waals surface area (Å²) < 4.78 is 0. The lowest BCUT2D eigenvalue weighted by Crippen LogP contribution is -2.42. The Labute approximate surface area is 194 Å². The zero-order chi connectivity index (χ0) is 20.9. The SMILES string of the molecule is CCNC(=NCc1cccc(C(=O)NCCN(C)C)c1)NC(C)CCC(C)C.I. The van der Waals surface area contributed by atoms with Gasteiger partial charge in [-0.15, -0.1) is 24.0 Å². The molecule has 0 heterocycles. The fraction of sp³-hybridized carbons (Fsp3) is 0.636. The molecule has 0 bridgehead atoms. The number of nitrogens with one attached hydrogen (secondary N) is 3. The Hall–Kier alpha value is -1.35. The molecule has 3 N–H and O–H groups in total. The molecule has 1 aromatic carbocycles. The van der Waals surface area contributed by atoms with Crippen LogP contribution in [0.25, 0.3) is 0 Å². The topological polar surface area (TPSA) is 68.8 Å². The van der Waals surface area contributed by atoms with E-state index >= 15 is 0 Å². The van der Waals surface area contributed by atoms with Gasteiger partial charge in [0.15, 0.2) is 5.96 Å². The molecule has 6 nitrogen and oxygen atoms in total. The van der Waals surface area contributed by atoms with Crippen molar-refractivity contribution in [3.63, 3.8) is 0 Å². The third-order valence-corrected chi connectivity index (χ3v) is 4.36. The van der Waals surface area contributed by atoms with Gasteiger partial charge in [0.1, 0.15) is 0 Å². The van der Waals surface area contributed by atoms with Gasteiger partial charge >= 0.3 is 0 Å². The maximum Gasteiger partial charge on any atom is 0.251 e. The van der Waals surface area contributed by atoms with Gasteiger partial charge in [-0.2, -0.15) is 0 Å². The molecule has 0 aliphatic carbocycles. The van der Waals surface area contributed by atoms with E-state index in [9.17, 15) is 4.79 Å². The van der Waals surface area contributed by atoms with Gasteiger partial charge in [-0.1, -0.05) is 26.0 Å². The Kier molecular flexibility index (Phi) is 14.8. The number of halogens is 1. The second-order valence-corrected chi connectivity index (χ2v) is 7.97. The molecular weight excluding hydrogens is 477 g/mol. The van der Waals surface area contributed by atoms with E-state index in [1.165, 1.54) is 6.42 Å². The zero-order valence-corrected chi connectivity index (χ0v) is 21.2. The summed E-state index contributed by atoms with van der Waals surface area (Å²) in [5, 5.41) is 9.73. The number of hydrogen-bond donors (Lipinski definition) is 3. The Bertz CT molecular complexity index is 619. The van der Waals surface area contributed by atoms with Crippen molar-refractivity contribution < 1.29 is 4.79 Å². The van der Waals surface area contributed by atoms with Crippen LogP contribution < -0.4 is 16.0 Å². The Balaban J connectivity index is 0.00000784. The minimum Gasteiger partial charge on any atom is -0.357 e. The molecule has 1 unspecified atom stereocenters. The fourth-order valence-corrected chi connectivity index (χ4v) is 2.69. The highest BCUT2D eigenvalue weighted by molar-refractivity contribution is 14.0. The first-order valence-corrected chi connectivity index (χ1v) is 10.4. The van der Waals surface area contributed by atoms with E-state index in [-0.39, 0.29) is 29.9 Å². The van der Waals surface area contributed by atoms with Crippen molar-refractivity contribution in [3.8, 4) is 0 Å². The highest BCUT2D eigenvalue weighted by Crippen LogP contribution is 2.08. The maximum absolute atomic E-state index is 12.3. The standard InChI is InChI=1S/C22H39N5O.HI/c1-7-23-22(26-18(4)12-11-17(2)3)25-16-19-9-8-10-20(15-19)21(28)24-13-14-27(5)6;/h8-10,15,17-18H,7,11-14,16H2,1-6H3,(H,24,28)(H2,23,25,26);1H. The van der Waals surface area contributed by atoms with Crippen molar-refractivity contribution >= 4 is 35.8 Å². The van der Waals surface area contributed by atoms with Gasteiger partial charge in [-0.3, -0.25) is 4.79 Å². The third kappa shape index (κ3) is 12.7. The van der Waals surface area contributed by atoms with E-state index in [1.807, 2.05) is 43.3 Å². The number of nitrogens with zero attached hydrogens (tertiary/aromatic N) is 2. The van der Waals surface area contributed by atoms with Gasteiger partial charge in [-0.25, -0.2) is 4.99 Å². The van der Waals surface area contributed by atoms with E-state index in [1.54, 1.807) is 0 Å². The minimum atomic E-state index is -0.0416. The predicted octanol–water partition coefficient (Wildman–Crippen LogP) is 3.48. The van der Waals surface area contributed by atoms with E-state index in [0.29, 0.717) is 30.6 Å². The van der Waals surface area contributed by atoms with Crippen LogP contribution in [0.1, 0.15) is 56.5 Å². The van der Waals surface area contributed by atoms with E-state index < -0.39 is 0 Å². The Morgan fingerprint density at radius 3 is 2.48 bits per heavy atom. The third-order valence-electron chi connectivity index (χ3n) is 4.36. The van der Waals surface area contributed by atoms with Gasteiger partial charge in [0.05, 0.1) is 6.54 Å². The second-order valence-electron chi connectivity index (χ2n) is 7.97. The van der Waals surface area contributed by atoms with Crippen molar-refractivity contribution in [1.29, 1.82) is 0 Å². The molecule has 0 aromatic heterocycles. The van der Waals surface area contributed by atoms with Crippen LogP contribution in [-0.4, -0.2) is 56.5 Å². The van der Waals surface area contributed by atoms with Crippen LogP contribution in [0.5, 0.6) is 0 Å². The molecular formula is C22H40IN5O. The number of hydrogen-bond acceptors (Lipinski definition) is 3. The summed E-state index contributed by atoms with van der Waals surface area (Å²) in [4.78, 5) is 19.0. The molecule has 29 heavy (non-hydrogen) atoms. The molecule has 0 aliphatic heterocycles. The van der Waals surface area contributed by atoms with Crippen molar-refractivity contribution in [2.24, 2.45) is 10.9 Å². The molecule has 1 rings (SSSR count). The van der Waals surface area contributed by atoms with Crippen LogP contribution in [0.15, 0.2) is 29.3 Å². The quantitative estimate of drug-likeness (QED) is 0.239. The lowest BCUT2D eigenvalue weighted by Gasteiger charge is -2.18. The molecule has 0 saturated heterocycles. The number of amides is 1. The van der Waals surface area contributed by atoms with E-state index in [4.69, 9.17) is 4.99 Å².